The van der Waals surface area contributed by atoms with E-state index < -0.39 is 0 Å². The Morgan fingerprint density at radius 2 is 2.09 bits per heavy atom. The van der Waals surface area contributed by atoms with Crippen molar-refractivity contribution in [2.75, 3.05) is 13.7 Å². The summed E-state index contributed by atoms with van der Waals surface area (Å²) < 4.78 is 5.28. The lowest BCUT2D eigenvalue weighted by Crippen LogP contribution is -2.32. The van der Waals surface area contributed by atoms with E-state index in [1.807, 2.05) is 30.3 Å². The van der Waals surface area contributed by atoms with Crippen LogP contribution in [0, 0.1) is 0 Å². The number of amides is 1. The van der Waals surface area contributed by atoms with Crippen LogP contribution in [-0.4, -0.2) is 34.6 Å². The van der Waals surface area contributed by atoms with Crippen molar-refractivity contribution < 1.29 is 14.3 Å². The molecule has 1 amide bonds. The summed E-state index contributed by atoms with van der Waals surface area (Å²) in [6.45, 7) is 0.0181. The first-order valence-electron chi connectivity index (χ1n) is 7.20. The Kier molecular flexibility index (Phi) is 3.98. The molecule has 22 heavy (non-hydrogen) atoms. The molecule has 1 unspecified atom stereocenters. The molecule has 0 spiro atoms. The molecule has 3 aromatic rings. The number of aromatic nitrogens is 1. The summed E-state index contributed by atoms with van der Waals surface area (Å²) >= 11 is 0. The van der Waals surface area contributed by atoms with Crippen LogP contribution < -0.4 is 0 Å². The molecule has 0 aliphatic rings. The van der Waals surface area contributed by atoms with Gasteiger partial charge in [0.15, 0.2) is 5.58 Å². The molecule has 5 nitrogen and oxygen atoms in total. The number of aromatic amines is 1. The fourth-order valence-corrected chi connectivity index (χ4v) is 2.68. The Balaban J connectivity index is 1.87. The number of H-pyrrole nitrogens is 1. The van der Waals surface area contributed by atoms with Crippen LogP contribution in [0.25, 0.3) is 11.1 Å². The zero-order chi connectivity index (χ0) is 15.5. The summed E-state index contributed by atoms with van der Waals surface area (Å²) in [5.74, 6) is -0.131. The van der Waals surface area contributed by atoms with Crippen molar-refractivity contribution in [3.8, 4) is 0 Å². The van der Waals surface area contributed by atoms with Crippen LogP contribution in [0.4, 0.5) is 0 Å². The molecule has 1 atom stereocenters. The van der Waals surface area contributed by atoms with Crippen molar-refractivity contribution in [2.45, 2.75) is 12.5 Å². The number of hydrogen-bond acceptors (Lipinski definition) is 3. The van der Waals surface area contributed by atoms with Gasteiger partial charge in [-0.15, -0.1) is 0 Å². The van der Waals surface area contributed by atoms with Crippen LogP contribution in [0.15, 0.2) is 53.1 Å². The number of hydrogen-bond donors (Lipinski definition) is 2. The van der Waals surface area contributed by atoms with Gasteiger partial charge in [0.05, 0.1) is 17.8 Å². The predicted molar refractivity (Wildman–Crippen MR) is 83.5 cm³/mol. The molecule has 114 valence electrons. The van der Waals surface area contributed by atoms with E-state index in [9.17, 15) is 9.90 Å². The third-order valence-electron chi connectivity index (χ3n) is 3.85. The van der Waals surface area contributed by atoms with Crippen LogP contribution in [0.5, 0.6) is 0 Å². The molecule has 5 heteroatoms. The fraction of sp³-hybridized carbons (Fsp3) is 0.235. The number of aliphatic hydroxyl groups is 1. The number of fused-ring (bicyclic) bond motifs is 1. The van der Waals surface area contributed by atoms with Gasteiger partial charge in [-0.1, -0.05) is 30.3 Å². The summed E-state index contributed by atoms with van der Waals surface area (Å²) in [4.78, 5) is 17.4. The van der Waals surface area contributed by atoms with Crippen LogP contribution in [0.2, 0.25) is 0 Å². The van der Waals surface area contributed by atoms with Gasteiger partial charge >= 0.3 is 0 Å². The minimum absolute atomic E-state index is 0.0181. The van der Waals surface area contributed by atoms with Crippen molar-refractivity contribution in [3.05, 3.63) is 60.0 Å². The van der Waals surface area contributed by atoms with E-state index in [0.717, 1.165) is 11.1 Å². The number of furan rings is 1. The number of aliphatic hydroxyl groups excluding tert-OH is 1. The monoisotopic (exact) mass is 298 g/mol. The first-order chi connectivity index (χ1) is 10.7. The largest absolute Gasteiger partial charge is 0.463 e. The molecule has 0 saturated carbocycles. The van der Waals surface area contributed by atoms with Crippen molar-refractivity contribution in [3.63, 3.8) is 0 Å². The number of benzene rings is 1. The molecule has 2 aromatic heterocycles. The standard InChI is InChI=1S/C17H18N2O3/c1-19(15(7-9-20)12-5-3-2-4-6-12)17(21)14-11-16-13(18-14)8-10-22-16/h2-6,8,10-11,15,18,20H,7,9H2,1H3. The number of carbonyl (C=O) groups is 1. The van der Waals surface area contributed by atoms with Gasteiger partial charge in [0, 0.05) is 25.8 Å². The zero-order valence-corrected chi connectivity index (χ0v) is 12.3. The van der Waals surface area contributed by atoms with Crippen LogP contribution >= 0.6 is 0 Å². The molecular formula is C17H18N2O3. The van der Waals surface area contributed by atoms with Gasteiger partial charge in [-0.25, -0.2) is 0 Å². The molecule has 1 aromatic carbocycles. The molecule has 0 saturated heterocycles. The first-order valence-corrected chi connectivity index (χ1v) is 7.20. The van der Waals surface area contributed by atoms with E-state index in [4.69, 9.17) is 4.42 Å². The maximum absolute atomic E-state index is 12.7. The maximum atomic E-state index is 12.7. The van der Waals surface area contributed by atoms with Crippen molar-refractivity contribution in [2.24, 2.45) is 0 Å². The average Bonchev–Trinajstić information content (AvgIpc) is 3.13. The highest BCUT2D eigenvalue weighted by Gasteiger charge is 2.23. The average molecular weight is 298 g/mol. The third-order valence-corrected chi connectivity index (χ3v) is 3.85. The minimum Gasteiger partial charge on any atom is -0.463 e. The van der Waals surface area contributed by atoms with Crippen LogP contribution in [0.3, 0.4) is 0 Å². The van der Waals surface area contributed by atoms with E-state index in [-0.39, 0.29) is 18.6 Å². The van der Waals surface area contributed by atoms with E-state index in [0.29, 0.717) is 17.7 Å². The predicted octanol–water partition coefficient (Wildman–Crippen LogP) is 2.96. The quantitative estimate of drug-likeness (QED) is 0.761. The van der Waals surface area contributed by atoms with Gasteiger partial charge < -0.3 is 19.4 Å². The summed E-state index contributed by atoms with van der Waals surface area (Å²) in [5.41, 5.74) is 2.95. The molecule has 0 radical (unpaired) electrons. The van der Waals surface area contributed by atoms with Crippen molar-refractivity contribution in [1.82, 2.24) is 9.88 Å². The van der Waals surface area contributed by atoms with E-state index in [2.05, 4.69) is 4.98 Å². The van der Waals surface area contributed by atoms with Crippen LogP contribution in [-0.2, 0) is 0 Å². The Hall–Kier alpha value is -2.53. The SMILES string of the molecule is CN(C(=O)c1cc2occc2[nH]1)C(CCO)c1ccccc1. The van der Waals surface area contributed by atoms with Gasteiger partial charge in [-0.2, -0.15) is 0 Å². The molecule has 2 N–H and O–H groups in total. The lowest BCUT2D eigenvalue weighted by Gasteiger charge is -2.28. The van der Waals surface area contributed by atoms with E-state index in [1.54, 1.807) is 30.3 Å². The number of nitrogens with one attached hydrogen (secondary N) is 1. The molecule has 0 aliphatic heterocycles. The number of carbonyl (C=O) groups excluding carboxylic acids is 1. The molecular weight excluding hydrogens is 280 g/mol. The molecule has 0 bridgehead atoms. The molecule has 2 heterocycles. The summed E-state index contributed by atoms with van der Waals surface area (Å²) in [6.07, 6.45) is 2.07. The third kappa shape index (κ3) is 2.63. The van der Waals surface area contributed by atoms with Gasteiger partial charge in [0.2, 0.25) is 0 Å². The van der Waals surface area contributed by atoms with E-state index >= 15 is 0 Å². The second-order valence-corrected chi connectivity index (χ2v) is 5.24. The highest BCUT2D eigenvalue weighted by Crippen LogP contribution is 2.25. The second-order valence-electron chi connectivity index (χ2n) is 5.24. The summed E-state index contributed by atoms with van der Waals surface area (Å²) in [6, 6.07) is 13.0. The Bertz CT molecular complexity index is 732. The normalized spacial score (nSPS) is 12.5. The minimum atomic E-state index is -0.173. The van der Waals surface area contributed by atoms with Gasteiger partial charge in [-0.3, -0.25) is 4.79 Å². The van der Waals surface area contributed by atoms with Crippen molar-refractivity contribution in [1.29, 1.82) is 0 Å². The molecule has 3 rings (SSSR count). The van der Waals surface area contributed by atoms with Gasteiger partial charge in [-0.05, 0) is 12.0 Å². The zero-order valence-electron chi connectivity index (χ0n) is 12.3. The summed E-state index contributed by atoms with van der Waals surface area (Å²) in [5, 5.41) is 9.32. The lowest BCUT2D eigenvalue weighted by molar-refractivity contribution is 0.0700. The van der Waals surface area contributed by atoms with Gasteiger partial charge in [0.25, 0.3) is 5.91 Å². The van der Waals surface area contributed by atoms with Crippen molar-refractivity contribution >= 4 is 17.0 Å². The fourth-order valence-electron chi connectivity index (χ4n) is 2.68. The maximum Gasteiger partial charge on any atom is 0.270 e. The topological polar surface area (TPSA) is 69.5 Å². The Morgan fingerprint density at radius 1 is 1.32 bits per heavy atom. The molecule has 0 aliphatic carbocycles. The Morgan fingerprint density at radius 3 is 2.77 bits per heavy atom. The number of rotatable bonds is 5. The van der Waals surface area contributed by atoms with Gasteiger partial charge in [0.1, 0.15) is 5.69 Å². The summed E-state index contributed by atoms with van der Waals surface area (Å²) in [7, 11) is 1.75. The van der Waals surface area contributed by atoms with Crippen LogP contribution in [0.1, 0.15) is 28.5 Å². The first kappa shape index (κ1) is 14.4. The highest BCUT2D eigenvalue weighted by molar-refractivity contribution is 5.96. The second kappa shape index (κ2) is 6.07. The lowest BCUT2D eigenvalue weighted by atomic mass is 10.0. The highest BCUT2D eigenvalue weighted by atomic mass is 16.3. The molecule has 0 fully saturated rings. The Labute approximate surface area is 128 Å². The smallest absolute Gasteiger partial charge is 0.270 e. The van der Waals surface area contributed by atoms with E-state index in [1.165, 1.54) is 0 Å². The number of nitrogens with zero attached hydrogens (tertiary/aromatic N) is 1.